The molecular formula is C23H25N5O5S. The number of amides is 2. The summed E-state index contributed by atoms with van der Waals surface area (Å²) in [5.41, 5.74) is 6.30. The molecule has 1 aromatic carbocycles. The van der Waals surface area contributed by atoms with Gasteiger partial charge in [-0.25, -0.2) is 10.1 Å². The van der Waals surface area contributed by atoms with Crippen LogP contribution in [0.15, 0.2) is 40.2 Å². The zero-order valence-corrected chi connectivity index (χ0v) is 20.0. The molecule has 2 aromatic heterocycles. The summed E-state index contributed by atoms with van der Waals surface area (Å²) in [6.45, 7) is 7.34. The zero-order chi connectivity index (χ0) is 25.0. The van der Waals surface area contributed by atoms with E-state index < -0.39 is 17.8 Å². The molecule has 2 amide bonds. The Bertz CT molecular complexity index is 1350. The number of H-pyrrole nitrogens is 1. The van der Waals surface area contributed by atoms with Gasteiger partial charge in [-0.05, 0) is 63.1 Å². The maximum atomic E-state index is 13.0. The molecule has 0 radical (unpaired) electrons. The monoisotopic (exact) mass is 483 g/mol. The lowest BCUT2D eigenvalue weighted by atomic mass is 10.1. The van der Waals surface area contributed by atoms with E-state index in [-0.39, 0.29) is 28.3 Å². The average molecular weight is 484 g/mol. The number of thiophene rings is 1. The van der Waals surface area contributed by atoms with Gasteiger partial charge in [0.05, 0.1) is 33.1 Å². The smallest absolute Gasteiger partial charge is 0.305 e. The van der Waals surface area contributed by atoms with E-state index in [0.29, 0.717) is 22.7 Å². The Morgan fingerprint density at radius 3 is 2.38 bits per heavy atom. The summed E-state index contributed by atoms with van der Waals surface area (Å²) >= 11 is 0.953. The minimum Gasteiger partial charge on any atom is -0.481 e. The number of carboxylic acids is 1. The number of aryl methyl sites for hydroxylation is 3. The molecule has 10 nitrogen and oxygen atoms in total. The summed E-state index contributed by atoms with van der Waals surface area (Å²) in [5.74, 6) is -2.00. The van der Waals surface area contributed by atoms with Crippen LogP contribution in [0.25, 0.3) is 5.69 Å². The number of hydrogen-bond donors (Lipinski definition) is 4. The average Bonchev–Trinajstić information content (AvgIpc) is 3.38. The number of benzene rings is 1. The third-order valence-corrected chi connectivity index (χ3v) is 6.27. The molecule has 0 aliphatic heterocycles. The molecule has 4 N–H and O–H groups in total. The van der Waals surface area contributed by atoms with E-state index >= 15 is 0 Å². The fourth-order valence-electron chi connectivity index (χ4n) is 3.22. The molecule has 34 heavy (non-hydrogen) atoms. The quantitative estimate of drug-likeness (QED) is 0.287. The van der Waals surface area contributed by atoms with Crippen LogP contribution in [0.4, 0.5) is 0 Å². The molecule has 3 rings (SSSR count). The van der Waals surface area contributed by atoms with Crippen LogP contribution >= 0.6 is 11.3 Å². The highest BCUT2D eigenvalue weighted by Crippen LogP contribution is 2.17. The van der Waals surface area contributed by atoms with E-state index in [4.69, 9.17) is 5.11 Å². The number of carboxylic acid groups (broad SMARTS) is 1. The molecule has 0 unspecified atom stereocenters. The van der Waals surface area contributed by atoms with Crippen LogP contribution in [0.2, 0.25) is 0 Å². The lowest BCUT2D eigenvalue weighted by molar-refractivity contribution is -0.136. The number of hydrogen-bond acceptors (Lipinski definition) is 6. The maximum absolute atomic E-state index is 13.0. The molecule has 2 heterocycles. The molecule has 0 saturated heterocycles. The number of carbonyl (C=O) groups excluding carboxylic acids is 2. The maximum Gasteiger partial charge on any atom is 0.305 e. The summed E-state index contributed by atoms with van der Waals surface area (Å²) in [5, 5.41) is 18.2. The highest BCUT2D eigenvalue weighted by atomic mass is 32.1. The SMILES string of the molecule is CC(=NNC(=O)c1ccc(C(=O)NCCC(=O)O)s1)c1c(C)[nH]n(-c2ccc(C)c(C)c2)c1=O. The van der Waals surface area contributed by atoms with Crippen molar-refractivity contribution in [3.05, 3.63) is 72.8 Å². The van der Waals surface area contributed by atoms with Gasteiger partial charge in [0.25, 0.3) is 17.4 Å². The fourth-order valence-corrected chi connectivity index (χ4v) is 4.03. The van der Waals surface area contributed by atoms with E-state index in [1.165, 1.54) is 16.8 Å². The number of aromatic nitrogens is 2. The van der Waals surface area contributed by atoms with Gasteiger partial charge in [-0.3, -0.25) is 24.3 Å². The second-order valence-electron chi connectivity index (χ2n) is 7.72. The minimum atomic E-state index is -1.02. The summed E-state index contributed by atoms with van der Waals surface area (Å²) < 4.78 is 1.44. The first-order valence-corrected chi connectivity index (χ1v) is 11.2. The van der Waals surface area contributed by atoms with Crippen molar-refractivity contribution in [2.45, 2.75) is 34.1 Å². The fraction of sp³-hybridized carbons (Fsp3) is 0.261. The van der Waals surface area contributed by atoms with Crippen molar-refractivity contribution in [2.75, 3.05) is 6.54 Å². The van der Waals surface area contributed by atoms with E-state index in [1.54, 1.807) is 13.8 Å². The van der Waals surface area contributed by atoms with Crippen molar-refractivity contribution in [1.29, 1.82) is 0 Å². The predicted octanol–water partition coefficient (Wildman–Crippen LogP) is 2.51. The number of aromatic amines is 1. The van der Waals surface area contributed by atoms with Crippen LogP contribution in [0.3, 0.4) is 0 Å². The first-order chi connectivity index (χ1) is 16.1. The van der Waals surface area contributed by atoms with Crippen LogP contribution in [0.5, 0.6) is 0 Å². The molecule has 11 heteroatoms. The Kier molecular flexibility index (Phi) is 7.47. The van der Waals surface area contributed by atoms with Gasteiger partial charge in [-0.2, -0.15) is 5.10 Å². The van der Waals surface area contributed by atoms with Crippen molar-refractivity contribution in [3.63, 3.8) is 0 Å². The van der Waals surface area contributed by atoms with E-state index in [0.717, 1.165) is 22.5 Å². The number of rotatable bonds is 8. The highest BCUT2D eigenvalue weighted by Gasteiger charge is 2.17. The summed E-state index contributed by atoms with van der Waals surface area (Å²) in [6, 6.07) is 8.66. The molecular weight excluding hydrogens is 458 g/mol. The molecule has 0 atom stereocenters. The number of nitrogens with one attached hydrogen (secondary N) is 3. The van der Waals surface area contributed by atoms with E-state index in [2.05, 4.69) is 20.9 Å². The van der Waals surface area contributed by atoms with E-state index in [9.17, 15) is 19.2 Å². The van der Waals surface area contributed by atoms with Crippen molar-refractivity contribution < 1.29 is 19.5 Å². The van der Waals surface area contributed by atoms with Gasteiger partial charge in [0.2, 0.25) is 0 Å². The Morgan fingerprint density at radius 2 is 1.74 bits per heavy atom. The largest absolute Gasteiger partial charge is 0.481 e. The van der Waals surface area contributed by atoms with Crippen LogP contribution in [0, 0.1) is 20.8 Å². The summed E-state index contributed by atoms with van der Waals surface area (Å²) in [6.07, 6.45) is -0.192. The van der Waals surface area contributed by atoms with E-state index in [1.807, 2.05) is 32.0 Å². The van der Waals surface area contributed by atoms with Crippen LogP contribution in [0.1, 0.15) is 55.1 Å². The van der Waals surface area contributed by atoms with Crippen LogP contribution in [-0.2, 0) is 4.79 Å². The standard InChI is InChI=1S/C23H25N5O5S/c1-12-5-6-16(11-13(12)2)28-23(33)20(15(4)27-28)14(3)25-26-22(32)18-8-7-17(34-18)21(31)24-10-9-19(29)30/h5-8,11,27H,9-10H2,1-4H3,(H,24,31)(H,26,32)(H,29,30). The van der Waals surface area contributed by atoms with Gasteiger partial charge in [0.1, 0.15) is 0 Å². The van der Waals surface area contributed by atoms with Crippen molar-refractivity contribution in [1.82, 2.24) is 20.5 Å². The summed E-state index contributed by atoms with van der Waals surface area (Å²) in [4.78, 5) is 48.6. The van der Waals surface area contributed by atoms with Gasteiger partial charge >= 0.3 is 5.97 Å². The molecule has 0 aliphatic carbocycles. The van der Waals surface area contributed by atoms with Crippen molar-refractivity contribution in [3.8, 4) is 5.69 Å². The Morgan fingerprint density at radius 1 is 1.06 bits per heavy atom. The van der Waals surface area contributed by atoms with Crippen molar-refractivity contribution >= 4 is 34.8 Å². The molecule has 0 bridgehead atoms. The lowest BCUT2D eigenvalue weighted by Gasteiger charge is -2.05. The summed E-state index contributed by atoms with van der Waals surface area (Å²) in [7, 11) is 0. The Balaban J connectivity index is 1.72. The second kappa shape index (κ2) is 10.3. The Labute approximate surface area is 199 Å². The third-order valence-electron chi connectivity index (χ3n) is 5.19. The van der Waals surface area contributed by atoms with Gasteiger partial charge in [0, 0.05) is 12.2 Å². The number of aliphatic carboxylic acids is 1. The van der Waals surface area contributed by atoms with Gasteiger partial charge in [-0.15, -0.1) is 11.3 Å². The Hall–Kier alpha value is -3.99. The normalized spacial score (nSPS) is 11.4. The number of nitrogens with zero attached hydrogens (tertiary/aromatic N) is 2. The number of carbonyl (C=O) groups is 3. The van der Waals surface area contributed by atoms with Gasteiger partial charge < -0.3 is 10.4 Å². The molecule has 3 aromatic rings. The van der Waals surface area contributed by atoms with Gasteiger partial charge in [0.15, 0.2) is 0 Å². The van der Waals surface area contributed by atoms with Crippen LogP contribution < -0.4 is 16.3 Å². The predicted molar refractivity (Wildman–Crippen MR) is 129 cm³/mol. The molecule has 0 fully saturated rings. The molecule has 0 aliphatic rings. The topological polar surface area (TPSA) is 146 Å². The minimum absolute atomic E-state index is 0.00716. The van der Waals surface area contributed by atoms with Gasteiger partial charge in [-0.1, -0.05) is 6.07 Å². The molecule has 178 valence electrons. The first kappa shape index (κ1) is 24.6. The molecule has 0 spiro atoms. The lowest BCUT2D eigenvalue weighted by Crippen LogP contribution is -2.25. The number of hydrazone groups is 1. The molecule has 0 saturated carbocycles. The first-order valence-electron chi connectivity index (χ1n) is 10.4. The zero-order valence-electron chi connectivity index (χ0n) is 19.2. The van der Waals surface area contributed by atoms with Crippen molar-refractivity contribution in [2.24, 2.45) is 5.10 Å². The second-order valence-corrected chi connectivity index (χ2v) is 8.81. The highest BCUT2D eigenvalue weighted by molar-refractivity contribution is 7.15. The third kappa shape index (κ3) is 5.49. The van der Waals surface area contributed by atoms with Crippen LogP contribution in [-0.4, -0.2) is 44.9 Å².